The van der Waals surface area contributed by atoms with Crippen molar-refractivity contribution in [2.24, 2.45) is 5.92 Å². The van der Waals surface area contributed by atoms with Gasteiger partial charge >= 0.3 is 0 Å². The summed E-state index contributed by atoms with van der Waals surface area (Å²) in [5, 5.41) is 15.1. The van der Waals surface area contributed by atoms with Crippen LogP contribution in [0.1, 0.15) is 38.5 Å². The number of benzene rings is 1. The molecule has 1 fully saturated rings. The fourth-order valence-electron chi connectivity index (χ4n) is 3.19. The first kappa shape index (κ1) is 13.2. The summed E-state index contributed by atoms with van der Waals surface area (Å²) < 4.78 is 0. The van der Waals surface area contributed by atoms with Crippen molar-refractivity contribution in [3.05, 3.63) is 30.5 Å². The molecule has 1 aromatic heterocycles. The summed E-state index contributed by atoms with van der Waals surface area (Å²) in [6.45, 7) is 0.957. The van der Waals surface area contributed by atoms with Gasteiger partial charge in [-0.05, 0) is 42.3 Å². The molecule has 0 amide bonds. The number of phenols is 1. The normalized spacial score (nSPS) is 15.8. The van der Waals surface area contributed by atoms with Gasteiger partial charge in [0.2, 0.25) is 0 Å². The van der Waals surface area contributed by atoms with E-state index < -0.39 is 0 Å². The first-order valence-corrected chi connectivity index (χ1v) is 7.64. The van der Waals surface area contributed by atoms with Crippen LogP contribution in [0.15, 0.2) is 30.5 Å². The summed E-state index contributed by atoms with van der Waals surface area (Å²) in [6, 6.07) is 7.39. The van der Waals surface area contributed by atoms with Gasteiger partial charge in [-0.2, -0.15) is 0 Å². The number of aromatic nitrogens is 1. The van der Waals surface area contributed by atoms with Crippen LogP contribution in [0.25, 0.3) is 10.8 Å². The van der Waals surface area contributed by atoms with Crippen molar-refractivity contribution in [1.29, 1.82) is 0 Å². The lowest BCUT2D eigenvalue weighted by Gasteiger charge is -2.11. The second-order valence-electron chi connectivity index (χ2n) is 5.78. The third kappa shape index (κ3) is 3.03. The lowest BCUT2D eigenvalue weighted by Crippen LogP contribution is -2.05. The predicted octanol–water partition coefficient (Wildman–Crippen LogP) is 4.32. The zero-order chi connectivity index (χ0) is 13.8. The van der Waals surface area contributed by atoms with E-state index in [0.29, 0.717) is 5.75 Å². The number of nitrogens with one attached hydrogen (secondary N) is 1. The highest BCUT2D eigenvalue weighted by atomic mass is 16.3. The van der Waals surface area contributed by atoms with E-state index in [9.17, 15) is 5.11 Å². The molecule has 1 aliphatic rings. The van der Waals surface area contributed by atoms with E-state index in [0.717, 1.165) is 29.1 Å². The van der Waals surface area contributed by atoms with Gasteiger partial charge in [0.25, 0.3) is 0 Å². The van der Waals surface area contributed by atoms with Crippen LogP contribution in [0.3, 0.4) is 0 Å². The molecule has 1 aromatic carbocycles. The minimum absolute atomic E-state index is 0.291. The van der Waals surface area contributed by atoms with E-state index in [4.69, 9.17) is 0 Å². The van der Waals surface area contributed by atoms with Crippen LogP contribution in [0.4, 0.5) is 5.82 Å². The van der Waals surface area contributed by atoms with E-state index in [1.807, 2.05) is 18.3 Å². The summed E-state index contributed by atoms with van der Waals surface area (Å²) in [6.07, 6.45) is 10.0. The van der Waals surface area contributed by atoms with Crippen LogP contribution in [0.5, 0.6) is 5.75 Å². The molecular weight excluding hydrogens is 248 g/mol. The molecule has 3 nitrogen and oxygen atoms in total. The molecule has 1 heterocycles. The van der Waals surface area contributed by atoms with E-state index >= 15 is 0 Å². The molecule has 3 heteroatoms. The molecule has 0 saturated heterocycles. The third-order valence-corrected chi connectivity index (χ3v) is 4.31. The van der Waals surface area contributed by atoms with E-state index in [-0.39, 0.29) is 0 Å². The van der Waals surface area contributed by atoms with Gasteiger partial charge in [0, 0.05) is 18.1 Å². The maximum atomic E-state index is 9.61. The van der Waals surface area contributed by atoms with Crippen LogP contribution in [0.2, 0.25) is 0 Å². The molecule has 1 aliphatic carbocycles. The van der Waals surface area contributed by atoms with Crippen molar-refractivity contribution in [3.8, 4) is 5.75 Å². The van der Waals surface area contributed by atoms with E-state index in [1.54, 1.807) is 12.1 Å². The van der Waals surface area contributed by atoms with Crippen LogP contribution >= 0.6 is 0 Å². The number of hydrogen-bond acceptors (Lipinski definition) is 3. The van der Waals surface area contributed by atoms with Crippen LogP contribution in [-0.2, 0) is 0 Å². The zero-order valence-electron chi connectivity index (χ0n) is 11.8. The highest BCUT2D eigenvalue weighted by Gasteiger charge is 2.14. The lowest BCUT2D eigenvalue weighted by atomic mass is 10.0. The van der Waals surface area contributed by atoms with Crippen molar-refractivity contribution in [1.82, 2.24) is 4.98 Å². The van der Waals surface area contributed by atoms with Gasteiger partial charge in [-0.15, -0.1) is 0 Å². The lowest BCUT2D eigenvalue weighted by molar-refractivity contribution is 0.476. The fourth-order valence-corrected chi connectivity index (χ4v) is 3.19. The molecule has 0 radical (unpaired) electrons. The second-order valence-corrected chi connectivity index (χ2v) is 5.78. The maximum Gasteiger partial charge on any atom is 0.133 e. The molecule has 0 unspecified atom stereocenters. The number of nitrogens with zero attached hydrogens (tertiary/aromatic N) is 1. The Bertz CT molecular complexity index is 576. The van der Waals surface area contributed by atoms with Crippen molar-refractivity contribution in [2.75, 3.05) is 11.9 Å². The molecule has 0 spiro atoms. The molecule has 2 aromatic rings. The van der Waals surface area contributed by atoms with Gasteiger partial charge in [-0.3, -0.25) is 0 Å². The number of fused-ring (bicyclic) bond motifs is 1. The standard InChI is InChI=1S/C17H22N2O/c20-15-8-7-14-9-11-19-17(16(14)12-15)18-10-3-6-13-4-1-2-5-13/h7-9,11-13,20H,1-6,10H2,(H,18,19). The average Bonchev–Trinajstić information content (AvgIpc) is 2.97. The molecule has 2 N–H and O–H groups in total. The molecule has 20 heavy (non-hydrogen) atoms. The SMILES string of the molecule is Oc1ccc2ccnc(NCCCC3CCCC3)c2c1. The molecule has 1 saturated carbocycles. The first-order valence-electron chi connectivity index (χ1n) is 7.64. The molecular formula is C17H22N2O. The number of rotatable bonds is 5. The Balaban J connectivity index is 1.60. The summed E-state index contributed by atoms with van der Waals surface area (Å²) in [5.41, 5.74) is 0. The number of anilines is 1. The Labute approximate surface area is 120 Å². The number of hydrogen-bond donors (Lipinski definition) is 2. The van der Waals surface area contributed by atoms with Gasteiger partial charge in [0.05, 0.1) is 0 Å². The number of aromatic hydroxyl groups is 1. The van der Waals surface area contributed by atoms with E-state index in [2.05, 4.69) is 10.3 Å². The largest absolute Gasteiger partial charge is 0.508 e. The summed E-state index contributed by atoms with van der Waals surface area (Å²) in [7, 11) is 0. The highest BCUT2D eigenvalue weighted by Crippen LogP contribution is 2.29. The minimum atomic E-state index is 0.291. The van der Waals surface area contributed by atoms with Gasteiger partial charge in [0.15, 0.2) is 0 Å². The fraction of sp³-hybridized carbons (Fsp3) is 0.471. The Hall–Kier alpha value is -1.77. The Kier molecular flexibility index (Phi) is 4.05. The van der Waals surface area contributed by atoms with Gasteiger partial charge in [-0.1, -0.05) is 31.7 Å². The summed E-state index contributed by atoms with van der Waals surface area (Å²) >= 11 is 0. The predicted molar refractivity (Wildman–Crippen MR) is 83.1 cm³/mol. The molecule has 0 aliphatic heterocycles. The molecule has 3 rings (SSSR count). The number of phenolic OH excluding ortho intramolecular Hbond substituents is 1. The molecule has 0 atom stereocenters. The summed E-state index contributed by atoms with van der Waals surface area (Å²) in [5.74, 6) is 2.12. The Morgan fingerprint density at radius 2 is 2.05 bits per heavy atom. The molecule has 0 bridgehead atoms. The highest BCUT2D eigenvalue weighted by molar-refractivity contribution is 5.92. The van der Waals surface area contributed by atoms with Gasteiger partial charge in [-0.25, -0.2) is 4.98 Å². The van der Waals surface area contributed by atoms with Crippen LogP contribution in [0, 0.1) is 5.92 Å². The Morgan fingerprint density at radius 3 is 2.90 bits per heavy atom. The zero-order valence-corrected chi connectivity index (χ0v) is 11.8. The van der Waals surface area contributed by atoms with Gasteiger partial charge in [0.1, 0.15) is 11.6 Å². The smallest absolute Gasteiger partial charge is 0.133 e. The van der Waals surface area contributed by atoms with Crippen LogP contribution in [-0.4, -0.2) is 16.6 Å². The quantitative estimate of drug-likeness (QED) is 0.795. The third-order valence-electron chi connectivity index (χ3n) is 4.31. The first-order chi connectivity index (χ1) is 9.83. The summed E-state index contributed by atoms with van der Waals surface area (Å²) in [4.78, 5) is 4.40. The van der Waals surface area contributed by atoms with Crippen LogP contribution < -0.4 is 5.32 Å². The second kappa shape index (κ2) is 6.12. The van der Waals surface area contributed by atoms with E-state index in [1.165, 1.54) is 38.5 Å². The average molecular weight is 270 g/mol. The van der Waals surface area contributed by atoms with Crippen molar-refractivity contribution < 1.29 is 5.11 Å². The van der Waals surface area contributed by atoms with Crippen molar-refractivity contribution >= 4 is 16.6 Å². The number of pyridine rings is 1. The Morgan fingerprint density at radius 1 is 1.20 bits per heavy atom. The van der Waals surface area contributed by atoms with Crippen molar-refractivity contribution in [2.45, 2.75) is 38.5 Å². The topological polar surface area (TPSA) is 45.2 Å². The minimum Gasteiger partial charge on any atom is -0.508 e. The molecule has 106 valence electrons. The van der Waals surface area contributed by atoms with Crippen molar-refractivity contribution in [3.63, 3.8) is 0 Å². The monoisotopic (exact) mass is 270 g/mol. The maximum absolute atomic E-state index is 9.61. The van der Waals surface area contributed by atoms with Gasteiger partial charge < -0.3 is 10.4 Å².